The number of aliphatic carboxylic acids is 1. The van der Waals surface area contributed by atoms with Crippen molar-refractivity contribution in [2.24, 2.45) is 11.8 Å². The highest BCUT2D eigenvalue weighted by atomic mass is 16.4. The van der Waals surface area contributed by atoms with Gasteiger partial charge in [0.25, 0.3) is 0 Å². The van der Waals surface area contributed by atoms with Gasteiger partial charge in [0.2, 0.25) is 5.91 Å². The van der Waals surface area contributed by atoms with E-state index in [0.29, 0.717) is 19.5 Å². The third kappa shape index (κ3) is 3.70. The Hall–Kier alpha value is -1.10. The van der Waals surface area contributed by atoms with Gasteiger partial charge in [-0.3, -0.25) is 9.59 Å². The number of carbonyl (C=O) groups excluding carboxylic acids is 1. The summed E-state index contributed by atoms with van der Waals surface area (Å²) >= 11 is 0. The van der Waals surface area contributed by atoms with Gasteiger partial charge in [0, 0.05) is 25.6 Å². The van der Waals surface area contributed by atoms with E-state index in [0.717, 1.165) is 6.54 Å². The van der Waals surface area contributed by atoms with Gasteiger partial charge in [0.05, 0.1) is 5.92 Å². The van der Waals surface area contributed by atoms with E-state index in [1.165, 1.54) is 0 Å². The van der Waals surface area contributed by atoms with E-state index >= 15 is 0 Å². The molecule has 0 aromatic heterocycles. The molecule has 0 bridgehead atoms. The molecule has 0 aromatic carbocycles. The van der Waals surface area contributed by atoms with Crippen LogP contribution in [0.4, 0.5) is 0 Å². The van der Waals surface area contributed by atoms with Gasteiger partial charge in [-0.25, -0.2) is 0 Å². The minimum absolute atomic E-state index is 0.0471. The predicted molar refractivity (Wildman–Crippen MR) is 64.6 cm³/mol. The van der Waals surface area contributed by atoms with Gasteiger partial charge in [0.15, 0.2) is 0 Å². The normalized spacial score (nSPS) is 25.9. The fourth-order valence-corrected chi connectivity index (χ4v) is 2.30. The van der Waals surface area contributed by atoms with Gasteiger partial charge in [-0.1, -0.05) is 13.8 Å². The Morgan fingerprint density at radius 3 is 2.59 bits per heavy atom. The molecule has 1 unspecified atom stereocenters. The summed E-state index contributed by atoms with van der Waals surface area (Å²) in [5, 5.41) is 12.2. The van der Waals surface area contributed by atoms with Gasteiger partial charge in [-0.05, 0) is 19.4 Å². The first-order valence-electron chi connectivity index (χ1n) is 6.19. The minimum atomic E-state index is -0.799. The number of carboxylic acids is 1. The molecule has 0 radical (unpaired) electrons. The van der Waals surface area contributed by atoms with E-state index in [1.807, 2.05) is 20.8 Å². The Labute approximate surface area is 102 Å². The van der Waals surface area contributed by atoms with Crippen LogP contribution in [0.2, 0.25) is 0 Å². The molecule has 98 valence electrons. The van der Waals surface area contributed by atoms with Crippen LogP contribution in [0.15, 0.2) is 0 Å². The first-order chi connectivity index (χ1) is 7.95. The summed E-state index contributed by atoms with van der Waals surface area (Å²) in [6, 6.07) is 0.145. The molecule has 1 amide bonds. The van der Waals surface area contributed by atoms with E-state index in [9.17, 15) is 9.59 Å². The molecule has 1 saturated heterocycles. The van der Waals surface area contributed by atoms with Crippen LogP contribution in [-0.4, -0.2) is 47.6 Å². The summed E-state index contributed by atoms with van der Waals surface area (Å²) in [7, 11) is 0. The van der Waals surface area contributed by atoms with Crippen molar-refractivity contribution in [2.45, 2.75) is 33.2 Å². The van der Waals surface area contributed by atoms with Crippen molar-refractivity contribution in [3.8, 4) is 0 Å². The molecule has 1 heterocycles. The van der Waals surface area contributed by atoms with Crippen molar-refractivity contribution in [3.05, 3.63) is 0 Å². The number of carboxylic acid groups (broad SMARTS) is 1. The molecule has 1 aliphatic rings. The number of carbonyl (C=O) groups is 2. The molecule has 0 aliphatic carbocycles. The summed E-state index contributed by atoms with van der Waals surface area (Å²) < 4.78 is 0. The molecular weight excluding hydrogens is 220 g/mol. The van der Waals surface area contributed by atoms with E-state index in [4.69, 9.17) is 5.11 Å². The van der Waals surface area contributed by atoms with Crippen LogP contribution in [-0.2, 0) is 9.59 Å². The van der Waals surface area contributed by atoms with Crippen molar-refractivity contribution < 1.29 is 14.7 Å². The third-order valence-electron chi connectivity index (χ3n) is 3.32. The van der Waals surface area contributed by atoms with Crippen LogP contribution in [0.3, 0.4) is 0 Å². The van der Waals surface area contributed by atoms with Crippen molar-refractivity contribution in [3.63, 3.8) is 0 Å². The number of likely N-dealkylation sites (tertiary alicyclic amines) is 1. The Morgan fingerprint density at radius 1 is 1.47 bits per heavy atom. The van der Waals surface area contributed by atoms with Gasteiger partial charge in [-0.2, -0.15) is 0 Å². The van der Waals surface area contributed by atoms with Gasteiger partial charge in [-0.15, -0.1) is 0 Å². The molecule has 0 spiro atoms. The zero-order valence-electron chi connectivity index (χ0n) is 10.8. The highest BCUT2D eigenvalue weighted by Crippen LogP contribution is 2.23. The number of hydrogen-bond acceptors (Lipinski definition) is 3. The maximum Gasteiger partial charge on any atom is 0.308 e. The van der Waals surface area contributed by atoms with Crippen LogP contribution in [0.5, 0.6) is 0 Å². The second-order valence-corrected chi connectivity index (χ2v) is 4.88. The van der Waals surface area contributed by atoms with Crippen molar-refractivity contribution in [2.75, 3.05) is 19.6 Å². The molecule has 1 rings (SSSR count). The summed E-state index contributed by atoms with van der Waals surface area (Å²) in [6.45, 7) is 7.61. The van der Waals surface area contributed by atoms with E-state index in [1.54, 1.807) is 4.90 Å². The number of hydrogen-bond donors (Lipinski definition) is 2. The number of nitrogens with zero attached hydrogens (tertiary/aromatic N) is 1. The predicted octanol–water partition coefficient (Wildman–Crippen LogP) is 0.554. The first kappa shape index (κ1) is 14.0. The Morgan fingerprint density at radius 2 is 2.12 bits per heavy atom. The fraction of sp³-hybridized carbons (Fsp3) is 0.833. The average molecular weight is 242 g/mol. The van der Waals surface area contributed by atoms with E-state index in [-0.39, 0.29) is 17.9 Å². The largest absolute Gasteiger partial charge is 0.481 e. The number of amides is 1. The molecular formula is C12H22N2O3. The highest BCUT2D eigenvalue weighted by molar-refractivity contribution is 5.79. The van der Waals surface area contributed by atoms with Crippen molar-refractivity contribution >= 4 is 11.9 Å². The number of nitrogens with one attached hydrogen (secondary N) is 1. The smallest absolute Gasteiger partial charge is 0.308 e. The monoisotopic (exact) mass is 242 g/mol. The first-order valence-corrected chi connectivity index (χ1v) is 6.19. The molecule has 0 aromatic rings. The van der Waals surface area contributed by atoms with E-state index < -0.39 is 11.9 Å². The van der Waals surface area contributed by atoms with Crippen LogP contribution < -0.4 is 5.32 Å². The molecule has 3 atom stereocenters. The molecule has 5 nitrogen and oxygen atoms in total. The quantitative estimate of drug-likeness (QED) is 0.739. The Bertz CT molecular complexity index is 293. The lowest BCUT2D eigenvalue weighted by molar-refractivity contribution is -0.142. The molecule has 0 saturated carbocycles. The molecule has 17 heavy (non-hydrogen) atoms. The van der Waals surface area contributed by atoms with Crippen molar-refractivity contribution in [1.82, 2.24) is 10.2 Å². The third-order valence-corrected chi connectivity index (χ3v) is 3.32. The molecule has 5 heteroatoms. The van der Waals surface area contributed by atoms with Crippen molar-refractivity contribution in [1.29, 1.82) is 0 Å². The SMILES string of the molecule is CCNC(C)CC(=O)N1C[C@@H](C)[C@H](C(=O)O)C1. The van der Waals surface area contributed by atoms with Crippen LogP contribution in [0, 0.1) is 11.8 Å². The zero-order chi connectivity index (χ0) is 13.0. The average Bonchev–Trinajstić information content (AvgIpc) is 2.60. The number of rotatable bonds is 5. The lowest BCUT2D eigenvalue weighted by Gasteiger charge is -2.19. The molecule has 1 fully saturated rings. The van der Waals surface area contributed by atoms with Crippen LogP contribution >= 0.6 is 0 Å². The highest BCUT2D eigenvalue weighted by Gasteiger charge is 2.36. The van der Waals surface area contributed by atoms with E-state index in [2.05, 4.69) is 5.32 Å². The van der Waals surface area contributed by atoms with Gasteiger partial charge in [0.1, 0.15) is 0 Å². The minimum Gasteiger partial charge on any atom is -0.481 e. The fourth-order valence-electron chi connectivity index (χ4n) is 2.30. The van der Waals surface area contributed by atoms with Crippen LogP contribution in [0.1, 0.15) is 27.2 Å². The van der Waals surface area contributed by atoms with Gasteiger partial charge >= 0.3 is 5.97 Å². The summed E-state index contributed by atoms with van der Waals surface area (Å²) in [6.07, 6.45) is 0.437. The Balaban J connectivity index is 2.47. The van der Waals surface area contributed by atoms with Gasteiger partial charge < -0.3 is 15.3 Å². The topological polar surface area (TPSA) is 69.6 Å². The zero-order valence-corrected chi connectivity index (χ0v) is 10.8. The lowest BCUT2D eigenvalue weighted by atomic mass is 9.99. The van der Waals surface area contributed by atoms with Crippen LogP contribution in [0.25, 0.3) is 0 Å². The summed E-state index contributed by atoms with van der Waals surface area (Å²) in [4.78, 5) is 24.6. The molecule has 2 N–H and O–H groups in total. The summed E-state index contributed by atoms with van der Waals surface area (Å²) in [5.74, 6) is -1.11. The second-order valence-electron chi connectivity index (χ2n) is 4.88. The summed E-state index contributed by atoms with van der Waals surface area (Å²) in [5.41, 5.74) is 0. The Kier molecular flexibility index (Phi) is 4.93. The standard InChI is InChI=1S/C12H22N2O3/c1-4-13-9(3)5-11(15)14-6-8(2)10(7-14)12(16)17/h8-10,13H,4-7H2,1-3H3,(H,16,17)/t8-,9?,10-/m1/s1. The molecule has 1 aliphatic heterocycles. The second kappa shape index (κ2) is 6.00. The maximum absolute atomic E-state index is 11.9. The lowest BCUT2D eigenvalue weighted by Crippen LogP contribution is -2.36. The maximum atomic E-state index is 11.9.